The van der Waals surface area contributed by atoms with Crippen LogP contribution in [0.4, 0.5) is 13.2 Å². The highest BCUT2D eigenvalue weighted by Crippen LogP contribution is 2.30. The maximum Gasteiger partial charge on any atom is 0.416 e. The third kappa shape index (κ3) is 6.67. The molecule has 1 aromatic carbocycles. The minimum absolute atomic E-state index is 0.0334. The first-order valence-electron chi connectivity index (χ1n) is 10.7. The van der Waals surface area contributed by atoms with Gasteiger partial charge in [0.1, 0.15) is 0 Å². The Kier molecular flexibility index (Phi) is 7.69. The van der Waals surface area contributed by atoms with Gasteiger partial charge in [0.2, 0.25) is 21.8 Å². The molecule has 2 heterocycles. The zero-order chi connectivity index (χ0) is 24.4. The highest BCUT2D eigenvalue weighted by Gasteiger charge is 2.36. The molecule has 2 amide bonds. The average Bonchev–Trinajstić information content (AvgIpc) is 3.07. The number of alkyl halides is 3. The molecule has 0 aliphatic carbocycles. The van der Waals surface area contributed by atoms with Gasteiger partial charge in [-0.1, -0.05) is 12.1 Å². The van der Waals surface area contributed by atoms with E-state index in [1.54, 1.807) is 13.8 Å². The van der Waals surface area contributed by atoms with Gasteiger partial charge in [0.05, 0.1) is 29.4 Å². The van der Waals surface area contributed by atoms with Gasteiger partial charge in [-0.3, -0.25) is 9.59 Å². The van der Waals surface area contributed by atoms with Gasteiger partial charge in [0.25, 0.3) is 0 Å². The summed E-state index contributed by atoms with van der Waals surface area (Å²) in [5, 5.41) is 2.57. The molecule has 2 aliphatic rings. The third-order valence-electron chi connectivity index (χ3n) is 5.65. The second-order valence-electron chi connectivity index (χ2n) is 8.55. The summed E-state index contributed by atoms with van der Waals surface area (Å²) in [4.78, 5) is 26.1. The minimum atomic E-state index is -4.48. The number of nitrogens with zero attached hydrogens (tertiary/aromatic N) is 2. The SMILES string of the molecule is CC1CN(S(=O)(=O)CCNC(=O)C2CC(=O)N(Cc3cccc(C(F)(F)F)c3)C2)CC(C)O1. The highest BCUT2D eigenvalue weighted by molar-refractivity contribution is 7.89. The lowest BCUT2D eigenvalue weighted by molar-refractivity contribution is -0.137. The van der Waals surface area contributed by atoms with Crippen LogP contribution in [0.3, 0.4) is 0 Å². The fourth-order valence-electron chi connectivity index (χ4n) is 4.10. The molecule has 0 bridgehead atoms. The van der Waals surface area contributed by atoms with Crippen LogP contribution in [-0.4, -0.2) is 73.6 Å². The molecule has 3 unspecified atom stereocenters. The van der Waals surface area contributed by atoms with Gasteiger partial charge in [0, 0.05) is 39.1 Å². The molecule has 8 nitrogen and oxygen atoms in total. The Morgan fingerprint density at radius 1 is 1.18 bits per heavy atom. The number of amides is 2. The zero-order valence-corrected chi connectivity index (χ0v) is 19.3. The van der Waals surface area contributed by atoms with Crippen LogP contribution in [0.2, 0.25) is 0 Å². The Morgan fingerprint density at radius 3 is 2.48 bits per heavy atom. The van der Waals surface area contributed by atoms with Gasteiger partial charge in [-0.2, -0.15) is 17.5 Å². The molecule has 12 heteroatoms. The standard InChI is InChI=1S/C21H28F3N3O5S/c1-14-10-27(11-15(2)32-14)33(30,31)7-6-25-20(29)17-9-19(28)26(13-17)12-16-4-3-5-18(8-16)21(22,23)24/h3-5,8,14-15,17H,6-7,9-13H2,1-2H3,(H,25,29). The van der Waals surface area contributed by atoms with Crippen molar-refractivity contribution in [1.29, 1.82) is 0 Å². The third-order valence-corrected chi connectivity index (χ3v) is 7.46. The Labute approximate surface area is 191 Å². The molecular weight excluding hydrogens is 463 g/mol. The number of carbonyl (C=O) groups is 2. The van der Waals surface area contributed by atoms with Crippen molar-refractivity contribution in [2.75, 3.05) is 31.9 Å². The maximum absolute atomic E-state index is 12.9. The molecule has 3 atom stereocenters. The summed E-state index contributed by atoms with van der Waals surface area (Å²) in [7, 11) is -3.58. The summed E-state index contributed by atoms with van der Waals surface area (Å²) < 4.78 is 70.7. The highest BCUT2D eigenvalue weighted by atomic mass is 32.2. The molecule has 1 aromatic rings. The number of rotatable bonds is 7. The van der Waals surface area contributed by atoms with E-state index in [9.17, 15) is 31.2 Å². The fourth-order valence-corrected chi connectivity index (χ4v) is 5.59. The Balaban J connectivity index is 1.50. The molecule has 0 saturated carbocycles. The molecule has 1 N–H and O–H groups in total. The smallest absolute Gasteiger partial charge is 0.373 e. The van der Waals surface area contributed by atoms with Crippen LogP contribution in [0.5, 0.6) is 0 Å². The monoisotopic (exact) mass is 491 g/mol. The number of benzene rings is 1. The summed E-state index contributed by atoms with van der Waals surface area (Å²) in [5.41, 5.74) is -0.481. The summed E-state index contributed by atoms with van der Waals surface area (Å²) >= 11 is 0. The van der Waals surface area contributed by atoms with Crippen molar-refractivity contribution in [1.82, 2.24) is 14.5 Å². The van der Waals surface area contributed by atoms with Crippen molar-refractivity contribution in [3.05, 3.63) is 35.4 Å². The van der Waals surface area contributed by atoms with E-state index in [-0.39, 0.29) is 63.0 Å². The van der Waals surface area contributed by atoms with Crippen LogP contribution in [0.15, 0.2) is 24.3 Å². The first kappa shape index (κ1) is 25.4. The lowest BCUT2D eigenvalue weighted by Gasteiger charge is -2.34. The van der Waals surface area contributed by atoms with Crippen LogP contribution >= 0.6 is 0 Å². The van der Waals surface area contributed by atoms with Crippen LogP contribution in [0.25, 0.3) is 0 Å². The largest absolute Gasteiger partial charge is 0.416 e. The predicted octanol–water partition coefficient (Wildman–Crippen LogP) is 1.61. The molecule has 33 heavy (non-hydrogen) atoms. The van der Waals surface area contributed by atoms with Crippen molar-refractivity contribution >= 4 is 21.8 Å². The van der Waals surface area contributed by atoms with Crippen LogP contribution < -0.4 is 5.32 Å². The number of morpholine rings is 1. The van der Waals surface area contributed by atoms with Crippen LogP contribution in [-0.2, 0) is 37.1 Å². The Hall–Kier alpha value is -2.18. The second kappa shape index (κ2) is 9.98. The van der Waals surface area contributed by atoms with E-state index in [0.29, 0.717) is 5.56 Å². The molecule has 0 aromatic heterocycles. The van der Waals surface area contributed by atoms with Crippen molar-refractivity contribution in [3.8, 4) is 0 Å². The van der Waals surface area contributed by atoms with Crippen LogP contribution in [0, 0.1) is 5.92 Å². The van der Waals surface area contributed by atoms with E-state index in [1.165, 1.54) is 21.3 Å². The fraction of sp³-hybridized carbons (Fsp3) is 0.619. The summed E-state index contributed by atoms with van der Waals surface area (Å²) in [6.45, 7) is 4.02. The number of hydrogen-bond acceptors (Lipinski definition) is 5. The number of hydrogen-bond donors (Lipinski definition) is 1. The topological polar surface area (TPSA) is 96.0 Å². The normalized spacial score (nSPS) is 24.8. The molecule has 2 aliphatic heterocycles. The minimum Gasteiger partial charge on any atom is -0.373 e. The number of ether oxygens (including phenoxy) is 1. The van der Waals surface area contributed by atoms with Crippen molar-refractivity contribution < 1.29 is 35.9 Å². The molecule has 0 spiro atoms. The van der Waals surface area contributed by atoms with E-state index >= 15 is 0 Å². The van der Waals surface area contributed by atoms with E-state index in [1.807, 2.05) is 0 Å². The zero-order valence-electron chi connectivity index (χ0n) is 18.5. The first-order chi connectivity index (χ1) is 15.3. The average molecular weight is 492 g/mol. The Morgan fingerprint density at radius 2 is 1.85 bits per heavy atom. The number of likely N-dealkylation sites (tertiary alicyclic amines) is 1. The lowest BCUT2D eigenvalue weighted by Crippen LogP contribution is -2.50. The quantitative estimate of drug-likeness (QED) is 0.625. The second-order valence-corrected chi connectivity index (χ2v) is 10.6. The van der Waals surface area contributed by atoms with Crippen molar-refractivity contribution in [2.45, 2.75) is 45.2 Å². The lowest BCUT2D eigenvalue weighted by atomic mass is 10.1. The van der Waals surface area contributed by atoms with Gasteiger partial charge in [-0.05, 0) is 31.5 Å². The molecular formula is C21H28F3N3O5S. The van der Waals surface area contributed by atoms with E-state index in [4.69, 9.17) is 4.74 Å². The number of sulfonamides is 1. The summed E-state index contributed by atoms with van der Waals surface area (Å²) in [5.74, 6) is -1.74. The first-order valence-corrected chi connectivity index (χ1v) is 12.3. The summed E-state index contributed by atoms with van der Waals surface area (Å²) in [6, 6.07) is 4.71. The van der Waals surface area contributed by atoms with E-state index in [0.717, 1.165) is 12.1 Å². The summed E-state index contributed by atoms with van der Waals surface area (Å²) in [6.07, 6.45) is -4.99. The molecule has 2 saturated heterocycles. The van der Waals surface area contributed by atoms with E-state index in [2.05, 4.69) is 5.32 Å². The number of nitrogens with one attached hydrogen (secondary N) is 1. The predicted molar refractivity (Wildman–Crippen MR) is 113 cm³/mol. The molecule has 184 valence electrons. The van der Waals surface area contributed by atoms with Crippen molar-refractivity contribution in [2.24, 2.45) is 5.92 Å². The van der Waals surface area contributed by atoms with Crippen LogP contribution in [0.1, 0.15) is 31.4 Å². The van der Waals surface area contributed by atoms with Gasteiger partial charge >= 0.3 is 6.18 Å². The molecule has 0 radical (unpaired) electrons. The molecule has 2 fully saturated rings. The van der Waals surface area contributed by atoms with Gasteiger partial charge in [0.15, 0.2) is 0 Å². The Bertz CT molecular complexity index is 976. The van der Waals surface area contributed by atoms with Gasteiger partial charge in [-0.25, -0.2) is 8.42 Å². The van der Waals surface area contributed by atoms with E-state index < -0.39 is 33.6 Å². The van der Waals surface area contributed by atoms with Gasteiger partial charge < -0.3 is 15.0 Å². The molecule has 3 rings (SSSR count). The maximum atomic E-state index is 12.9. The van der Waals surface area contributed by atoms with Crippen molar-refractivity contribution in [3.63, 3.8) is 0 Å². The number of halogens is 3. The van der Waals surface area contributed by atoms with Gasteiger partial charge in [-0.15, -0.1) is 0 Å². The number of carbonyl (C=O) groups excluding carboxylic acids is 2.